The van der Waals surface area contributed by atoms with Crippen LogP contribution in [0, 0.1) is 0 Å². The molecule has 158 valence electrons. The van der Waals surface area contributed by atoms with E-state index in [2.05, 4.69) is 15.3 Å². The van der Waals surface area contributed by atoms with Crippen molar-refractivity contribution in [3.63, 3.8) is 0 Å². The van der Waals surface area contributed by atoms with E-state index < -0.39 is 6.04 Å². The minimum Gasteiger partial charge on any atom is -0.505 e. The second-order valence-corrected chi connectivity index (χ2v) is 6.83. The zero-order valence-corrected chi connectivity index (χ0v) is 17.5. The van der Waals surface area contributed by atoms with Gasteiger partial charge in [-0.3, -0.25) is 4.98 Å². The molecule has 31 heavy (non-hydrogen) atoms. The molecule has 0 aliphatic heterocycles. The molecule has 0 saturated carbocycles. The smallest absolute Gasteiger partial charge is 0.203 e. The fourth-order valence-corrected chi connectivity index (χ4v) is 3.58. The van der Waals surface area contributed by atoms with E-state index in [1.807, 2.05) is 54.6 Å². The maximum atomic E-state index is 11.1. The fraction of sp³-hybridized carbons (Fsp3) is 0.167. The summed E-state index contributed by atoms with van der Waals surface area (Å²) in [6.07, 6.45) is 3.36. The number of methoxy groups -OCH3 is 3. The Labute approximate surface area is 180 Å². The third-order valence-electron chi connectivity index (χ3n) is 5.07. The molecule has 4 rings (SSSR count). The molecule has 7 nitrogen and oxygen atoms in total. The number of fused-ring (bicyclic) bond motifs is 1. The molecule has 0 saturated heterocycles. The molecule has 2 heterocycles. The average Bonchev–Trinajstić information content (AvgIpc) is 2.83. The molecule has 0 unspecified atom stereocenters. The minimum atomic E-state index is -0.463. The van der Waals surface area contributed by atoms with Gasteiger partial charge in [-0.15, -0.1) is 0 Å². The molecular weight excluding hydrogens is 394 g/mol. The van der Waals surface area contributed by atoms with E-state index >= 15 is 0 Å². The van der Waals surface area contributed by atoms with Gasteiger partial charge in [-0.2, -0.15) is 0 Å². The number of aromatic nitrogens is 2. The summed E-state index contributed by atoms with van der Waals surface area (Å²) < 4.78 is 16.5. The van der Waals surface area contributed by atoms with Crippen molar-refractivity contribution in [3.05, 3.63) is 78.1 Å². The molecule has 2 aromatic carbocycles. The number of nitrogens with zero attached hydrogens (tertiary/aromatic N) is 2. The first-order chi connectivity index (χ1) is 15.2. The Balaban J connectivity index is 1.91. The average molecular weight is 417 g/mol. The van der Waals surface area contributed by atoms with E-state index in [1.165, 1.54) is 0 Å². The van der Waals surface area contributed by atoms with Gasteiger partial charge in [0, 0.05) is 23.3 Å². The van der Waals surface area contributed by atoms with Gasteiger partial charge >= 0.3 is 0 Å². The second kappa shape index (κ2) is 8.79. The molecule has 0 amide bonds. The summed E-state index contributed by atoms with van der Waals surface area (Å²) in [4.78, 5) is 8.74. The summed E-state index contributed by atoms with van der Waals surface area (Å²) in [6, 6.07) is 16.4. The number of ether oxygens (including phenoxy) is 3. The Bertz CT molecular complexity index is 1170. The largest absolute Gasteiger partial charge is 0.505 e. The van der Waals surface area contributed by atoms with E-state index in [1.54, 1.807) is 33.7 Å². The maximum absolute atomic E-state index is 11.1. The highest BCUT2D eigenvalue weighted by Gasteiger charge is 2.24. The Morgan fingerprint density at radius 2 is 1.58 bits per heavy atom. The lowest BCUT2D eigenvalue weighted by molar-refractivity contribution is 0.323. The van der Waals surface area contributed by atoms with E-state index in [9.17, 15) is 5.11 Å². The van der Waals surface area contributed by atoms with Crippen molar-refractivity contribution in [1.29, 1.82) is 0 Å². The third kappa shape index (κ3) is 3.90. The van der Waals surface area contributed by atoms with Gasteiger partial charge in [0.1, 0.15) is 17.1 Å². The molecule has 0 aliphatic carbocycles. The lowest BCUT2D eigenvalue weighted by Gasteiger charge is -2.24. The van der Waals surface area contributed by atoms with Gasteiger partial charge in [0.25, 0.3) is 0 Å². The highest BCUT2D eigenvalue weighted by Crippen LogP contribution is 2.43. The number of pyridine rings is 2. The zero-order valence-electron chi connectivity index (χ0n) is 17.5. The number of phenolic OH excluding ortho intramolecular Hbond substituents is 1. The highest BCUT2D eigenvalue weighted by molar-refractivity contribution is 5.86. The molecule has 0 fully saturated rings. The summed E-state index contributed by atoms with van der Waals surface area (Å²) in [5, 5.41) is 15.4. The SMILES string of the molecule is COc1cc([C@@H](Nc2ccccn2)c2ccc3cccnc3c2O)cc(OC)c1OC. The number of nitrogens with one attached hydrogen (secondary N) is 1. The number of hydrogen-bond acceptors (Lipinski definition) is 7. The van der Waals surface area contributed by atoms with Crippen LogP contribution in [0.4, 0.5) is 5.82 Å². The Morgan fingerprint density at radius 3 is 2.23 bits per heavy atom. The summed E-state index contributed by atoms with van der Waals surface area (Å²) in [5.41, 5.74) is 1.97. The maximum Gasteiger partial charge on any atom is 0.203 e. The predicted molar refractivity (Wildman–Crippen MR) is 119 cm³/mol. The third-order valence-corrected chi connectivity index (χ3v) is 5.07. The van der Waals surface area contributed by atoms with Gasteiger partial charge in [-0.05, 0) is 35.9 Å². The van der Waals surface area contributed by atoms with Gasteiger partial charge in [0.05, 0.1) is 27.4 Å². The number of anilines is 1. The summed E-state index contributed by atoms with van der Waals surface area (Å²) in [5.74, 6) is 2.28. The second-order valence-electron chi connectivity index (χ2n) is 6.83. The van der Waals surface area contributed by atoms with Gasteiger partial charge in [-0.1, -0.05) is 24.3 Å². The van der Waals surface area contributed by atoms with Crippen molar-refractivity contribution in [1.82, 2.24) is 9.97 Å². The lowest BCUT2D eigenvalue weighted by atomic mass is 9.95. The Morgan fingerprint density at radius 1 is 0.839 bits per heavy atom. The number of aromatic hydroxyl groups is 1. The molecule has 0 spiro atoms. The molecule has 4 aromatic rings. The molecule has 0 aliphatic rings. The van der Waals surface area contributed by atoms with Crippen LogP contribution in [0.15, 0.2) is 67.0 Å². The first kappa shape index (κ1) is 20.3. The van der Waals surface area contributed by atoms with Crippen LogP contribution in [-0.2, 0) is 0 Å². The topological polar surface area (TPSA) is 85.7 Å². The number of phenols is 1. The quantitative estimate of drug-likeness (QED) is 0.456. The lowest BCUT2D eigenvalue weighted by Crippen LogP contribution is -2.14. The summed E-state index contributed by atoms with van der Waals surface area (Å²) >= 11 is 0. The number of hydrogen-bond donors (Lipinski definition) is 2. The molecular formula is C24H23N3O4. The minimum absolute atomic E-state index is 0.0975. The van der Waals surface area contributed by atoms with Crippen molar-refractivity contribution >= 4 is 16.7 Å². The van der Waals surface area contributed by atoms with Crippen LogP contribution in [0.25, 0.3) is 10.9 Å². The van der Waals surface area contributed by atoms with E-state index in [0.717, 1.165) is 10.9 Å². The van der Waals surface area contributed by atoms with Crippen molar-refractivity contribution in [2.75, 3.05) is 26.6 Å². The molecule has 0 bridgehead atoms. The predicted octanol–water partition coefficient (Wildman–Crippen LogP) is 4.56. The molecule has 7 heteroatoms. The van der Waals surface area contributed by atoms with Crippen molar-refractivity contribution in [2.24, 2.45) is 0 Å². The first-order valence-corrected chi connectivity index (χ1v) is 9.70. The van der Waals surface area contributed by atoms with E-state index in [-0.39, 0.29) is 5.75 Å². The molecule has 0 radical (unpaired) electrons. The van der Waals surface area contributed by atoms with E-state index in [4.69, 9.17) is 14.2 Å². The Kier molecular flexibility index (Phi) is 5.75. The van der Waals surface area contributed by atoms with Gasteiger partial charge in [-0.25, -0.2) is 4.98 Å². The monoisotopic (exact) mass is 417 g/mol. The summed E-state index contributed by atoms with van der Waals surface area (Å²) in [6.45, 7) is 0. The van der Waals surface area contributed by atoms with Gasteiger partial charge in [0.15, 0.2) is 11.5 Å². The number of rotatable bonds is 7. The summed E-state index contributed by atoms with van der Waals surface area (Å²) in [7, 11) is 4.70. The molecule has 2 aromatic heterocycles. The van der Waals surface area contributed by atoms with Crippen LogP contribution in [-0.4, -0.2) is 36.4 Å². The van der Waals surface area contributed by atoms with Gasteiger partial charge < -0.3 is 24.6 Å². The van der Waals surface area contributed by atoms with Crippen molar-refractivity contribution in [2.45, 2.75) is 6.04 Å². The highest BCUT2D eigenvalue weighted by atomic mass is 16.5. The molecule has 1 atom stereocenters. The number of benzene rings is 2. The first-order valence-electron chi connectivity index (χ1n) is 9.70. The molecule has 2 N–H and O–H groups in total. The fourth-order valence-electron chi connectivity index (χ4n) is 3.58. The van der Waals surface area contributed by atoms with Crippen LogP contribution in [0.1, 0.15) is 17.2 Å². The normalized spacial score (nSPS) is 11.7. The van der Waals surface area contributed by atoms with Gasteiger partial charge in [0.2, 0.25) is 5.75 Å². The van der Waals surface area contributed by atoms with Crippen molar-refractivity contribution < 1.29 is 19.3 Å². The standard InChI is InChI=1S/C24H23N3O4/c1-29-18-13-16(14-19(30-2)24(18)31-3)21(27-20-8-4-5-11-25-20)17-10-9-15-7-6-12-26-22(15)23(17)28/h4-14,21,28H,1-3H3,(H,25,27)/t21-/m1/s1. The van der Waals surface area contributed by atoms with E-state index in [0.29, 0.717) is 34.1 Å². The Hall–Kier alpha value is -4.00. The van der Waals surface area contributed by atoms with Crippen LogP contribution in [0.5, 0.6) is 23.0 Å². The van der Waals surface area contributed by atoms with Crippen LogP contribution in [0.3, 0.4) is 0 Å². The zero-order chi connectivity index (χ0) is 21.8. The van der Waals surface area contributed by atoms with Crippen molar-refractivity contribution in [3.8, 4) is 23.0 Å². The van der Waals surface area contributed by atoms with Crippen LogP contribution < -0.4 is 19.5 Å². The van der Waals surface area contributed by atoms with Crippen LogP contribution >= 0.6 is 0 Å². The van der Waals surface area contributed by atoms with Crippen LogP contribution in [0.2, 0.25) is 0 Å².